The van der Waals surface area contributed by atoms with Crippen LogP contribution in [0, 0.1) is 18.6 Å². The molecule has 32 heavy (non-hydrogen) atoms. The molecule has 5 rings (SSSR count). The first kappa shape index (κ1) is 20.9. The number of aromatic hydroxyl groups is 1. The van der Waals surface area contributed by atoms with Crippen molar-refractivity contribution in [1.82, 2.24) is 9.80 Å². The Kier molecular flexibility index (Phi) is 4.93. The smallest absolute Gasteiger partial charge is 0.257 e. The fourth-order valence-electron chi connectivity index (χ4n) is 5.22. The Morgan fingerprint density at radius 1 is 1.09 bits per heavy atom. The average molecular weight is 442 g/mol. The molecule has 0 saturated carbocycles. The largest absolute Gasteiger partial charge is 0.508 e. The number of aryl methyl sites for hydroxylation is 1. The minimum absolute atomic E-state index is 0.0298. The van der Waals surface area contributed by atoms with E-state index in [1.54, 1.807) is 15.9 Å². The zero-order valence-corrected chi connectivity index (χ0v) is 17.7. The van der Waals surface area contributed by atoms with Gasteiger partial charge in [0.2, 0.25) is 0 Å². The third-order valence-corrected chi connectivity index (χ3v) is 6.90. The number of halogens is 2. The lowest BCUT2D eigenvalue weighted by Crippen LogP contribution is -2.51. The number of likely N-dealkylation sites (tertiary alicyclic amines) is 1. The SMILES string of the molecule is Cc1ccc(O)cc1C(=O)N1CCC2(CC1)O[C@@H]1CC[C@@H](c3cc(F)cc(F)c3)N1C2=O. The Bertz CT molecular complexity index is 1080. The summed E-state index contributed by atoms with van der Waals surface area (Å²) in [6.45, 7) is 2.50. The molecule has 0 unspecified atom stereocenters. The summed E-state index contributed by atoms with van der Waals surface area (Å²) >= 11 is 0. The Balaban J connectivity index is 1.32. The molecule has 8 heteroatoms. The van der Waals surface area contributed by atoms with Crippen LogP contribution in [0.25, 0.3) is 0 Å². The molecular formula is C24H24F2N2O4. The number of fused-ring (bicyclic) bond motifs is 1. The Morgan fingerprint density at radius 3 is 2.47 bits per heavy atom. The molecule has 0 radical (unpaired) electrons. The summed E-state index contributed by atoms with van der Waals surface area (Å²) in [5.74, 6) is -1.66. The van der Waals surface area contributed by atoms with E-state index >= 15 is 0 Å². The monoisotopic (exact) mass is 442 g/mol. The van der Waals surface area contributed by atoms with Crippen molar-refractivity contribution >= 4 is 11.8 Å². The Labute approximate surface area is 184 Å². The van der Waals surface area contributed by atoms with Gasteiger partial charge in [-0.2, -0.15) is 0 Å². The van der Waals surface area contributed by atoms with Crippen molar-refractivity contribution in [2.45, 2.75) is 50.5 Å². The second-order valence-corrected chi connectivity index (χ2v) is 8.87. The predicted octanol–water partition coefficient (Wildman–Crippen LogP) is 3.67. The molecular weight excluding hydrogens is 418 g/mol. The number of phenols is 1. The molecule has 3 aliphatic rings. The number of phenolic OH excluding ortho intramolecular Hbond substituents is 1. The number of hydrogen-bond acceptors (Lipinski definition) is 4. The summed E-state index contributed by atoms with van der Waals surface area (Å²) in [5, 5.41) is 9.74. The van der Waals surface area contributed by atoms with E-state index in [0.29, 0.717) is 49.9 Å². The number of rotatable bonds is 2. The standard InChI is InChI=1S/C24H24F2N2O4/c1-14-2-3-18(29)13-19(14)22(30)27-8-6-24(7-9-27)23(31)28-20(4-5-21(28)32-24)15-10-16(25)12-17(26)11-15/h2-3,10-13,20-21,29H,4-9H2,1H3/t20-,21+/m0/s1. The molecule has 168 valence electrons. The van der Waals surface area contributed by atoms with Crippen LogP contribution in [0.1, 0.15) is 53.2 Å². The van der Waals surface area contributed by atoms with E-state index in [-0.39, 0.29) is 17.6 Å². The molecule has 0 bridgehead atoms. The summed E-state index contributed by atoms with van der Waals surface area (Å²) in [5.41, 5.74) is 0.631. The van der Waals surface area contributed by atoms with Gasteiger partial charge in [0.1, 0.15) is 23.6 Å². The van der Waals surface area contributed by atoms with Crippen molar-refractivity contribution in [2.24, 2.45) is 0 Å². The first-order valence-corrected chi connectivity index (χ1v) is 10.8. The molecule has 3 aliphatic heterocycles. The molecule has 2 aromatic rings. The lowest BCUT2D eigenvalue weighted by atomic mass is 9.89. The molecule has 3 fully saturated rings. The van der Waals surface area contributed by atoms with E-state index in [0.717, 1.165) is 11.6 Å². The van der Waals surface area contributed by atoms with Gasteiger partial charge in [-0.05, 0) is 55.2 Å². The van der Waals surface area contributed by atoms with Crippen LogP contribution in [-0.2, 0) is 9.53 Å². The van der Waals surface area contributed by atoms with Gasteiger partial charge in [-0.15, -0.1) is 0 Å². The topological polar surface area (TPSA) is 70.1 Å². The average Bonchev–Trinajstić information content (AvgIpc) is 3.27. The van der Waals surface area contributed by atoms with E-state index in [4.69, 9.17) is 4.74 Å². The van der Waals surface area contributed by atoms with E-state index < -0.39 is 29.5 Å². The molecule has 2 atom stereocenters. The van der Waals surface area contributed by atoms with Gasteiger partial charge in [-0.3, -0.25) is 9.59 Å². The summed E-state index contributed by atoms with van der Waals surface area (Å²) in [6, 6.07) is 7.63. The predicted molar refractivity (Wildman–Crippen MR) is 111 cm³/mol. The van der Waals surface area contributed by atoms with Gasteiger partial charge in [0.25, 0.3) is 11.8 Å². The van der Waals surface area contributed by atoms with Crippen LogP contribution in [0.4, 0.5) is 8.78 Å². The number of amides is 2. The van der Waals surface area contributed by atoms with Crippen LogP contribution < -0.4 is 0 Å². The summed E-state index contributed by atoms with van der Waals surface area (Å²) in [4.78, 5) is 29.7. The third kappa shape index (κ3) is 3.33. The molecule has 0 aromatic heterocycles. The van der Waals surface area contributed by atoms with Gasteiger partial charge >= 0.3 is 0 Å². The molecule has 2 aromatic carbocycles. The van der Waals surface area contributed by atoms with Gasteiger partial charge in [-0.1, -0.05) is 6.07 Å². The third-order valence-electron chi connectivity index (χ3n) is 6.90. The van der Waals surface area contributed by atoms with Crippen LogP contribution in [0.15, 0.2) is 36.4 Å². The van der Waals surface area contributed by atoms with Crippen molar-refractivity contribution in [3.63, 3.8) is 0 Å². The zero-order chi connectivity index (χ0) is 22.6. The van der Waals surface area contributed by atoms with Gasteiger partial charge in [-0.25, -0.2) is 8.78 Å². The molecule has 0 aliphatic carbocycles. The molecule has 3 heterocycles. The lowest BCUT2D eigenvalue weighted by molar-refractivity contribution is -0.142. The van der Waals surface area contributed by atoms with E-state index in [1.165, 1.54) is 24.3 Å². The summed E-state index contributed by atoms with van der Waals surface area (Å²) < 4.78 is 33.7. The molecule has 3 saturated heterocycles. The number of carbonyl (C=O) groups excluding carboxylic acids is 2. The lowest BCUT2D eigenvalue weighted by Gasteiger charge is -2.37. The summed E-state index contributed by atoms with van der Waals surface area (Å²) in [6.07, 6.45) is 1.46. The van der Waals surface area contributed by atoms with Gasteiger partial charge in [0.05, 0.1) is 6.04 Å². The number of piperidine rings is 1. The fourth-order valence-corrected chi connectivity index (χ4v) is 5.22. The number of nitrogens with zero attached hydrogens (tertiary/aromatic N) is 2. The van der Waals surface area contributed by atoms with Crippen molar-refractivity contribution in [1.29, 1.82) is 0 Å². The number of benzene rings is 2. The van der Waals surface area contributed by atoms with Gasteiger partial charge in [0.15, 0.2) is 5.60 Å². The molecule has 2 amide bonds. The van der Waals surface area contributed by atoms with Crippen LogP contribution in [-0.4, -0.2) is 51.6 Å². The minimum Gasteiger partial charge on any atom is -0.508 e. The van der Waals surface area contributed by atoms with Crippen LogP contribution in [0.3, 0.4) is 0 Å². The second-order valence-electron chi connectivity index (χ2n) is 8.87. The highest BCUT2D eigenvalue weighted by Gasteiger charge is 2.58. The second kappa shape index (κ2) is 7.55. The number of ether oxygens (including phenoxy) is 1. The minimum atomic E-state index is -1.01. The van der Waals surface area contributed by atoms with Crippen molar-refractivity contribution < 1.29 is 28.2 Å². The van der Waals surface area contributed by atoms with Crippen LogP contribution >= 0.6 is 0 Å². The first-order chi connectivity index (χ1) is 15.3. The van der Waals surface area contributed by atoms with Crippen molar-refractivity contribution in [3.05, 3.63) is 64.7 Å². The normalized spacial score (nSPS) is 24.3. The van der Waals surface area contributed by atoms with E-state index in [1.807, 2.05) is 6.92 Å². The van der Waals surface area contributed by atoms with E-state index in [2.05, 4.69) is 0 Å². The van der Waals surface area contributed by atoms with Gasteiger partial charge < -0.3 is 19.6 Å². The Hall–Kier alpha value is -3.00. The highest BCUT2D eigenvalue weighted by molar-refractivity contribution is 5.96. The van der Waals surface area contributed by atoms with Crippen LogP contribution in [0.5, 0.6) is 5.75 Å². The molecule has 1 N–H and O–H groups in total. The first-order valence-electron chi connectivity index (χ1n) is 10.8. The van der Waals surface area contributed by atoms with Crippen LogP contribution in [0.2, 0.25) is 0 Å². The highest BCUT2D eigenvalue weighted by Crippen LogP contribution is 2.47. The quantitative estimate of drug-likeness (QED) is 0.771. The zero-order valence-electron chi connectivity index (χ0n) is 17.7. The maximum atomic E-state index is 13.8. The highest BCUT2D eigenvalue weighted by atomic mass is 19.1. The number of hydrogen-bond donors (Lipinski definition) is 1. The fraction of sp³-hybridized carbons (Fsp3) is 0.417. The molecule has 6 nitrogen and oxygen atoms in total. The molecule has 1 spiro atoms. The maximum absolute atomic E-state index is 13.8. The summed E-state index contributed by atoms with van der Waals surface area (Å²) in [7, 11) is 0. The van der Waals surface area contributed by atoms with Gasteiger partial charge in [0, 0.05) is 37.6 Å². The Morgan fingerprint density at radius 2 is 1.78 bits per heavy atom. The van der Waals surface area contributed by atoms with E-state index in [9.17, 15) is 23.5 Å². The van der Waals surface area contributed by atoms with Crippen molar-refractivity contribution in [3.8, 4) is 5.75 Å². The number of carbonyl (C=O) groups is 2. The van der Waals surface area contributed by atoms with Crippen molar-refractivity contribution in [2.75, 3.05) is 13.1 Å². The maximum Gasteiger partial charge on any atom is 0.257 e.